The van der Waals surface area contributed by atoms with Gasteiger partial charge in [0.2, 0.25) is 0 Å². The zero-order valence-electron chi connectivity index (χ0n) is 14.9. The third-order valence-electron chi connectivity index (χ3n) is 3.77. The van der Waals surface area contributed by atoms with Gasteiger partial charge >= 0.3 is 5.97 Å². The molecule has 0 aliphatic rings. The summed E-state index contributed by atoms with van der Waals surface area (Å²) in [6.07, 6.45) is 0.545. The van der Waals surface area contributed by atoms with E-state index < -0.39 is 5.60 Å². The molecule has 0 radical (unpaired) electrons. The van der Waals surface area contributed by atoms with Crippen LogP contribution in [0.25, 0.3) is 10.9 Å². The molecule has 24 heavy (non-hydrogen) atoms. The molecular formula is C18H25N3O3. The number of ether oxygens (including phenoxy) is 1. The molecule has 0 bridgehead atoms. The molecule has 0 saturated heterocycles. The van der Waals surface area contributed by atoms with Gasteiger partial charge in [-0.15, -0.1) is 0 Å². The second kappa shape index (κ2) is 7.13. The van der Waals surface area contributed by atoms with Crippen molar-refractivity contribution < 1.29 is 9.53 Å². The maximum absolute atomic E-state index is 12.1. The lowest BCUT2D eigenvalue weighted by Gasteiger charge is -2.27. The molecule has 1 N–H and O–H groups in total. The quantitative estimate of drug-likeness (QED) is 0.850. The van der Waals surface area contributed by atoms with Crippen molar-refractivity contribution in [1.29, 1.82) is 0 Å². The Balaban J connectivity index is 2.02. The number of H-pyrrole nitrogens is 1. The van der Waals surface area contributed by atoms with Crippen molar-refractivity contribution in [2.45, 2.75) is 45.8 Å². The van der Waals surface area contributed by atoms with Crippen molar-refractivity contribution in [1.82, 2.24) is 14.9 Å². The predicted molar refractivity (Wildman–Crippen MR) is 94.0 cm³/mol. The molecule has 0 fully saturated rings. The molecule has 0 spiro atoms. The summed E-state index contributed by atoms with van der Waals surface area (Å²) in [7, 11) is 1.85. The Labute approximate surface area is 141 Å². The number of carbonyl (C=O) groups excluding carboxylic acids is 1. The van der Waals surface area contributed by atoms with Gasteiger partial charge in [0, 0.05) is 13.0 Å². The summed E-state index contributed by atoms with van der Waals surface area (Å²) in [5.74, 6) is 0.354. The van der Waals surface area contributed by atoms with Gasteiger partial charge in [0.1, 0.15) is 17.5 Å². The number of aromatic amines is 1. The smallest absolute Gasteiger partial charge is 0.323 e. The van der Waals surface area contributed by atoms with Gasteiger partial charge in [-0.05, 0) is 46.9 Å². The molecule has 6 nitrogen and oxygen atoms in total. The van der Waals surface area contributed by atoms with Crippen LogP contribution in [0.5, 0.6) is 0 Å². The molecule has 2 rings (SSSR count). The first kappa shape index (κ1) is 18.1. The standard InChI is InChI=1S/C18H25N3O3/c1-12(17(23)24-18(2,3)4)21(5)11-10-15-19-14-9-7-6-8-13(14)16(22)20-15/h6-9,12H,10-11H2,1-5H3,(H,19,20,22)/t12-/m0/s1. The average molecular weight is 331 g/mol. The van der Waals surface area contributed by atoms with Crippen LogP contribution in [-0.2, 0) is 16.0 Å². The number of likely N-dealkylation sites (N-methyl/N-ethyl adjacent to an activating group) is 1. The molecule has 130 valence electrons. The van der Waals surface area contributed by atoms with E-state index >= 15 is 0 Å². The lowest BCUT2D eigenvalue weighted by molar-refractivity contribution is -0.160. The Hall–Kier alpha value is -2.21. The van der Waals surface area contributed by atoms with Gasteiger partial charge in [-0.25, -0.2) is 4.98 Å². The average Bonchev–Trinajstić information content (AvgIpc) is 2.50. The number of aromatic nitrogens is 2. The van der Waals surface area contributed by atoms with Crippen LogP contribution in [0.15, 0.2) is 29.1 Å². The zero-order valence-corrected chi connectivity index (χ0v) is 14.9. The summed E-state index contributed by atoms with van der Waals surface area (Å²) in [5, 5.41) is 0.580. The summed E-state index contributed by atoms with van der Waals surface area (Å²) in [4.78, 5) is 33.3. The third-order valence-corrected chi connectivity index (χ3v) is 3.77. The fourth-order valence-corrected chi connectivity index (χ4v) is 2.30. The molecule has 0 aliphatic carbocycles. The molecule has 6 heteroatoms. The Bertz CT molecular complexity index is 777. The van der Waals surface area contributed by atoms with Crippen LogP contribution in [0.1, 0.15) is 33.5 Å². The van der Waals surface area contributed by atoms with E-state index in [2.05, 4.69) is 9.97 Å². The van der Waals surface area contributed by atoms with Gasteiger partial charge in [0.25, 0.3) is 5.56 Å². The minimum absolute atomic E-state index is 0.140. The molecule has 0 aliphatic heterocycles. The Morgan fingerprint density at radius 1 is 1.33 bits per heavy atom. The van der Waals surface area contributed by atoms with Gasteiger partial charge in [0.05, 0.1) is 10.9 Å². The minimum atomic E-state index is -0.503. The van der Waals surface area contributed by atoms with Gasteiger partial charge in [0.15, 0.2) is 0 Å². The van der Waals surface area contributed by atoms with Crippen LogP contribution < -0.4 is 5.56 Å². The Morgan fingerprint density at radius 2 is 2.00 bits per heavy atom. The number of para-hydroxylation sites is 1. The summed E-state index contributed by atoms with van der Waals surface area (Å²) in [6.45, 7) is 7.94. The number of rotatable bonds is 5. The van der Waals surface area contributed by atoms with Crippen molar-refractivity contribution in [2.75, 3.05) is 13.6 Å². The zero-order chi connectivity index (χ0) is 17.9. The maximum Gasteiger partial charge on any atom is 0.323 e. The topological polar surface area (TPSA) is 75.3 Å². The monoisotopic (exact) mass is 331 g/mol. The second-order valence-electron chi connectivity index (χ2n) is 6.97. The first-order valence-electron chi connectivity index (χ1n) is 8.08. The molecule has 1 atom stereocenters. The highest BCUT2D eigenvalue weighted by Crippen LogP contribution is 2.11. The summed E-state index contributed by atoms with van der Waals surface area (Å²) in [5.41, 5.74) is 0.0367. The van der Waals surface area contributed by atoms with Crippen LogP contribution in [0.4, 0.5) is 0 Å². The number of carbonyl (C=O) groups is 1. The number of fused-ring (bicyclic) bond motifs is 1. The Kier molecular flexibility index (Phi) is 5.39. The summed E-state index contributed by atoms with van der Waals surface area (Å²) < 4.78 is 5.40. The summed E-state index contributed by atoms with van der Waals surface area (Å²) in [6, 6.07) is 6.88. The van der Waals surface area contributed by atoms with Crippen molar-refractivity contribution >= 4 is 16.9 Å². The highest BCUT2D eigenvalue weighted by Gasteiger charge is 2.24. The maximum atomic E-state index is 12.1. The molecule has 0 amide bonds. The van der Waals surface area contributed by atoms with Crippen molar-refractivity contribution in [2.24, 2.45) is 0 Å². The third kappa shape index (κ3) is 4.64. The number of hydrogen-bond acceptors (Lipinski definition) is 5. The first-order chi connectivity index (χ1) is 11.2. The van der Waals surface area contributed by atoms with E-state index in [0.29, 0.717) is 29.7 Å². The van der Waals surface area contributed by atoms with E-state index in [-0.39, 0.29) is 17.6 Å². The lowest BCUT2D eigenvalue weighted by Crippen LogP contribution is -2.41. The van der Waals surface area contributed by atoms with Crippen LogP contribution in [-0.4, -0.2) is 46.1 Å². The largest absolute Gasteiger partial charge is 0.459 e. The number of benzene rings is 1. The number of hydrogen-bond donors (Lipinski definition) is 1. The van der Waals surface area contributed by atoms with E-state index in [4.69, 9.17) is 4.74 Å². The van der Waals surface area contributed by atoms with Crippen LogP contribution in [0.2, 0.25) is 0 Å². The SMILES string of the molecule is C[C@@H](C(=O)OC(C)(C)C)N(C)CCc1nc2ccccc2c(=O)[nH]1. The lowest BCUT2D eigenvalue weighted by atomic mass is 10.2. The molecule has 1 heterocycles. The molecule has 0 unspecified atom stereocenters. The van der Waals surface area contributed by atoms with Gasteiger partial charge in [-0.2, -0.15) is 0 Å². The van der Waals surface area contributed by atoms with Gasteiger partial charge < -0.3 is 9.72 Å². The second-order valence-corrected chi connectivity index (χ2v) is 6.97. The van der Waals surface area contributed by atoms with Crippen LogP contribution in [0, 0.1) is 0 Å². The molecular weight excluding hydrogens is 306 g/mol. The van der Waals surface area contributed by atoms with Gasteiger partial charge in [-0.1, -0.05) is 12.1 Å². The number of esters is 1. The highest BCUT2D eigenvalue weighted by atomic mass is 16.6. The first-order valence-corrected chi connectivity index (χ1v) is 8.08. The Morgan fingerprint density at radius 3 is 2.67 bits per heavy atom. The van der Waals surface area contributed by atoms with Crippen LogP contribution in [0.3, 0.4) is 0 Å². The fourth-order valence-electron chi connectivity index (χ4n) is 2.30. The molecule has 1 aromatic heterocycles. The van der Waals surface area contributed by atoms with E-state index in [9.17, 15) is 9.59 Å². The fraction of sp³-hybridized carbons (Fsp3) is 0.500. The molecule has 0 saturated carbocycles. The minimum Gasteiger partial charge on any atom is -0.459 e. The van der Waals surface area contributed by atoms with E-state index in [1.54, 1.807) is 6.07 Å². The van der Waals surface area contributed by atoms with Gasteiger partial charge in [-0.3, -0.25) is 14.5 Å². The highest BCUT2D eigenvalue weighted by molar-refractivity contribution is 5.77. The van der Waals surface area contributed by atoms with Crippen molar-refractivity contribution in [3.05, 3.63) is 40.4 Å². The van der Waals surface area contributed by atoms with E-state index in [0.717, 1.165) is 0 Å². The van der Waals surface area contributed by atoms with E-state index in [1.165, 1.54) is 0 Å². The van der Waals surface area contributed by atoms with E-state index in [1.807, 2.05) is 57.8 Å². The van der Waals surface area contributed by atoms with Crippen LogP contribution >= 0.6 is 0 Å². The van der Waals surface area contributed by atoms with Crippen molar-refractivity contribution in [3.8, 4) is 0 Å². The van der Waals surface area contributed by atoms with Crippen molar-refractivity contribution in [3.63, 3.8) is 0 Å². The number of nitrogens with one attached hydrogen (secondary N) is 1. The molecule has 1 aromatic carbocycles. The number of nitrogens with zero attached hydrogens (tertiary/aromatic N) is 2. The predicted octanol–water partition coefficient (Wildman–Crippen LogP) is 2.13. The molecule has 2 aromatic rings. The normalized spacial score (nSPS) is 13.2. The summed E-state index contributed by atoms with van der Waals surface area (Å²) >= 11 is 0.